The van der Waals surface area contributed by atoms with Crippen molar-refractivity contribution in [1.82, 2.24) is 24.0 Å². The Kier molecular flexibility index (Phi) is 5.86. The van der Waals surface area contributed by atoms with Gasteiger partial charge in [-0.3, -0.25) is 9.48 Å². The molecule has 1 fully saturated rings. The number of hydrogen-bond donors (Lipinski definition) is 0. The number of halogens is 2. The first-order chi connectivity index (χ1) is 14.3. The summed E-state index contributed by atoms with van der Waals surface area (Å²) in [5, 5.41) is 6.94. The first-order valence-corrected chi connectivity index (χ1v) is 12.0. The first-order valence-electron chi connectivity index (χ1n) is 8.95. The van der Waals surface area contributed by atoms with E-state index in [1.54, 1.807) is 21.2 Å². The Morgan fingerprint density at radius 3 is 2.57 bits per heavy atom. The van der Waals surface area contributed by atoms with Crippen molar-refractivity contribution in [3.8, 4) is 10.6 Å². The maximum Gasteiger partial charge on any atom is 0.273 e. The van der Waals surface area contributed by atoms with Crippen molar-refractivity contribution >= 4 is 50.5 Å². The van der Waals surface area contributed by atoms with Crippen LogP contribution in [-0.2, 0) is 17.1 Å². The number of hydrogen-bond acceptors (Lipinski definition) is 6. The molecule has 0 spiro atoms. The number of aromatic nitrogens is 3. The Labute approximate surface area is 187 Å². The second-order valence-electron chi connectivity index (χ2n) is 6.71. The molecule has 4 rings (SSSR count). The van der Waals surface area contributed by atoms with Crippen molar-refractivity contribution in [1.29, 1.82) is 0 Å². The van der Waals surface area contributed by atoms with Crippen LogP contribution in [0.3, 0.4) is 0 Å². The Hall–Kier alpha value is -1.98. The lowest BCUT2D eigenvalue weighted by Gasteiger charge is -2.33. The summed E-state index contributed by atoms with van der Waals surface area (Å²) in [4.78, 5) is 18.8. The van der Waals surface area contributed by atoms with Gasteiger partial charge in [-0.05, 0) is 18.2 Å². The highest BCUT2D eigenvalue weighted by Gasteiger charge is 2.32. The van der Waals surface area contributed by atoms with Gasteiger partial charge >= 0.3 is 0 Å². The van der Waals surface area contributed by atoms with E-state index in [2.05, 4.69) is 10.1 Å². The molecule has 1 aliphatic heterocycles. The van der Waals surface area contributed by atoms with Crippen molar-refractivity contribution in [2.75, 3.05) is 26.2 Å². The summed E-state index contributed by atoms with van der Waals surface area (Å²) < 4.78 is 28.8. The summed E-state index contributed by atoms with van der Waals surface area (Å²) in [6.07, 6.45) is 3.52. The molecule has 0 unspecified atom stereocenters. The molecule has 1 saturated heterocycles. The fourth-order valence-electron chi connectivity index (χ4n) is 3.14. The van der Waals surface area contributed by atoms with E-state index in [0.29, 0.717) is 15.7 Å². The Balaban J connectivity index is 1.45. The van der Waals surface area contributed by atoms with E-state index in [-0.39, 0.29) is 42.0 Å². The average Bonchev–Trinajstić information content (AvgIpc) is 3.38. The van der Waals surface area contributed by atoms with Crippen LogP contribution in [0.4, 0.5) is 0 Å². The van der Waals surface area contributed by atoms with Gasteiger partial charge < -0.3 is 4.90 Å². The number of carbonyl (C=O) groups is 1. The van der Waals surface area contributed by atoms with Crippen molar-refractivity contribution in [2.45, 2.75) is 4.90 Å². The Morgan fingerprint density at radius 2 is 1.90 bits per heavy atom. The molecule has 0 bridgehead atoms. The van der Waals surface area contributed by atoms with Gasteiger partial charge in [-0.2, -0.15) is 9.40 Å². The van der Waals surface area contributed by atoms with Gasteiger partial charge in [-0.25, -0.2) is 13.4 Å². The Morgan fingerprint density at radius 1 is 1.17 bits per heavy atom. The van der Waals surface area contributed by atoms with Crippen LogP contribution < -0.4 is 0 Å². The van der Waals surface area contributed by atoms with Gasteiger partial charge in [0, 0.05) is 55.4 Å². The van der Waals surface area contributed by atoms with Gasteiger partial charge in [0.1, 0.15) is 15.6 Å². The average molecular weight is 486 g/mol. The number of rotatable bonds is 4. The standard InChI is InChI=1S/C18H17Cl2N5O3S2/c1-23-10-12(9-21-23)17-22-15(11-29-17)18(26)24-4-6-25(7-5-24)30(27,28)16-8-13(19)2-3-14(16)20/h2-3,8-11H,4-7H2,1H3. The first kappa shape index (κ1) is 21.3. The monoisotopic (exact) mass is 485 g/mol. The summed E-state index contributed by atoms with van der Waals surface area (Å²) in [5.41, 5.74) is 1.18. The minimum absolute atomic E-state index is 0.0305. The molecule has 30 heavy (non-hydrogen) atoms. The van der Waals surface area contributed by atoms with E-state index in [4.69, 9.17) is 23.2 Å². The van der Waals surface area contributed by atoms with E-state index in [0.717, 1.165) is 5.56 Å². The lowest BCUT2D eigenvalue weighted by atomic mass is 10.3. The van der Waals surface area contributed by atoms with Gasteiger partial charge in [0.05, 0.1) is 11.2 Å². The van der Waals surface area contributed by atoms with Crippen LogP contribution in [0.5, 0.6) is 0 Å². The summed E-state index contributed by atoms with van der Waals surface area (Å²) in [5.74, 6) is -0.223. The van der Waals surface area contributed by atoms with Gasteiger partial charge in [0.15, 0.2) is 0 Å². The molecule has 1 aliphatic rings. The van der Waals surface area contributed by atoms with Crippen molar-refractivity contribution < 1.29 is 13.2 Å². The van der Waals surface area contributed by atoms with Crippen LogP contribution in [-0.4, -0.2) is 64.5 Å². The van der Waals surface area contributed by atoms with Crippen LogP contribution in [0.15, 0.2) is 40.9 Å². The molecule has 1 amide bonds. The fraction of sp³-hybridized carbons (Fsp3) is 0.278. The summed E-state index contributed by atoms with van der Waals surface area (Å²) in [6, 6.07) is 4.33. The summed E-state index contributed by atoms with van der Waals surface area (Å²) in [6.45, 7) is 0.846. The number of amides is 1. The molecule has 0 aliphatic carbocycles. The number of aryl methyl sites for hydroxylation is 1. The fourth-order valence-corrected chi connectivity index (χ4v) is 6.07. The molecule has 0 radical (unpaired) electrons. The molecule has 158 valence electrons. The van der Waals surface area contributed by atoms with Crippen LogP contribution in [0, 0.1) is 0 Å². The second kappa shape index (κ2) is 8.27. The normalized spacial score (nSPS) is 15.5. The minimum Gasteiger partial charge on any atom is -0.335 e. The van der Waals surface area contributed by atoms with Crippen LogP contribution in [0.1, 0.15) is 10.5 Å². The van der Waals surface area contributed by atoms with Gasteiger partial charge in [-0.15, -0.1) is 11.3 Å². The highest BCUT2D eigenvalue weighted by molar-refractivity contribution is 7.89. The molecule has 3 aromatic rings. The predicted octanol–water partition coefficient (Wildman–Crippen LogP) is 3.00. The van der Waals surface area contributed by atoms with E-state index in [1.807, 2.05) is 13.2 Å². The van der Waals surface area contributed by atoms with Crippen LogP contribution in [0.2, 0.25) is 10.0 Å². The van der Waals surface area contributed by atoms with E-state index >= 15 is 0 Å². The van der Waals surface area contributed by atoms with E-state index < -0.39 is 10.0 Å². The topological polar surface area (TPSA) is 88.4 Å². The molecule has 0 atom stereocenters. The zero-order chi connectivity index (χ0) is 21.5. The number of carbonyl (C=O) groups excluding carboxylic acids is 1. The largest absolute Gasteiger partial charge is 0.335 e. The number of sulfonamides is 1. The van der Waals surface area contributed by atoms with Crippen molar-refractivity contribution in [3.63, 3.8) is 0 Å². The molecule has 0 N–H and O–H groups in total. The number of piperazine rings is 1. The second-order valence-corrected chi connectivity index (χ2v) is 10.3. The molecule has 8 nitrogen and oxygen atoms in total. The SMILES string of the molecule is Cn1cc(-c2nc(C(=O)N3CCN(S(=O)(=O)c4cc(Cl)ccc4Cl)CC3)cs2)cn1. The highest BCUT2D eigenvalue weighted by Crippen LogP contribution is 2.29. The number of nitrogens with zero attached hydrogens (tertiary/aromatic N) is 5. The Bertz CT molecular complexity index is 1200. The third-order valence-electron chi connectivity index (χ3n) is 4.71. The molecule has 12 heteroatoms. The lowest BCUT2D eigenvalue weighted by Crippen LogP contribution is -2.50. The van der Waals surface area contributed by atoms with Crippen molar-refractivity contribution in [3.05, 3.63) is 51.7 Å². The van der Waals surface area contributed by atoms with Crippen LogP contribution >= 0.6 is 34.5 Å². The minimum atomic E-state index is -3.80. The lowest BCUT2D eigenvalue weighted by molar-refractivity contribution is 0.0693. The molecule has 1 aromatic carbocycles. The molecule has 3 heterocycles. The summed E-state index contributed by atoms with van der Waals surface area (Å²) >= 11 is 13.4. The summed E-state index contributed by atoms with van der Waals surface area (Å²) in [7, 11) is -1.99. The van der Waals surface area contributed by atoms with E-state index in [1.165, 1.54) is 33.8 Å². The zero-order valence-corrected chi connectivity index (χ0v) is 19.0. The predicted molar refractivity (Wildman–Crippen MR) is 115 cm³/mol. The quantitative estimate of drug-likeness (QED) is 0.566. The zero-order valence-electron chi connectivity index (χ0n) is 15.8. The van der Waals surface area contributed by atoms with Crippen molar-refractivity contribution in [2.24, 2.45) is 7.05 Å². The van der Waals surface area contributed by atoms with Gasteiger partial charge in [0.25, 0.3) is 5.91 Å². The van der Waals surface area contributed by atoms with E-state index in [9.17, 15) is 13.2 Å². The van der Waals surface area contributed by atoms with Crippen LogP contribution in [0.25, 0.3) is 10.6 Å². The van der Waals surface area contributed by atoms with Gasteiger partial charge in [0.2, 0.25) is 10.0 Å². The molecular weight excluding hydrogens is 469 g/mol. The third-order valence-corrected chi connectivity index (χ3v) is 8.22. The molecule has 0 saturated carbocycles. The number of benzene rings is 1. The third kappa shape index (κ3) is 4.10. The molecular formula is C18H17Cl2N5O3S2. The smallest absolute Gasteiger partial charge is 0.273 e. The molecule has 2 aromatic heterocycles. The maximum absolute atomic E-state index is 12.9. The van der Waals surface area contributed by atoms with Gasteiger partial charge in [-0.1, -0.05) is 23.2 Å². The number of thiazole rings is 1. The highest BCUT2D eigenvalue weighted by atomic mass is 35.5. The maximum atomic E-state index is 12.9.